The van der Waals surface area contributed by atoms with Gasteiger partial charge in [-0.05, 0) is 37.1 Å². The minimum atomic E-state index is -0.598. The molecule has 2 aromatic carbocycles. The van der Waals surface area contributed by atoms with Gasteiger partial charge in [-0.3, -0.25) is 9.89 Å². The molecular formula is C21H22N6O5S. The van der Waals surface area contributed by atoms with Crippen molar-refractivity contribution in [3.8, 4) is 17.2 Å². The number of H-pyrrole nitrogens is 1. The number of ether oxygens (including phenoxy) is 3. The third-order valence-corrected chi connectivity index (χ3v) is 5.77. The summed E-state index contributed by atoms with van der Waals surface area (Å²) in [4.78, 5) is 12.5. The first kappa shape index (κ1) is 22.1. The van der Waals surface area contributed by atoms with Crippen molar-refractivity contribution in [1.82, 2.24) is 15.4 Å². The van der Waals surface area contributed by atoms with Crippen LogP contribution in [0.1, 0.15) is 16.1 Å². The number of amides is 1. The SMILES string of the molecule is COc1cc2c(NSc3c(OC)cccc3OC)noc2cc1Nc1n[nH]c(C)c1C(N)=O. The predicted octanol–water partition coefficient (Wildman–Crippen LogP) is 3.85. The van der Waals surface area contributed by atoms with Crippen LogP contribution < -0.4 is 30.0 Å². The van der Waals surface area contributed by atoms with Crippen LogP contribution in [0.3, 0.4) is 0 Å². The van der Waals surface area contributed by atoms with Crippen LogP contribution >= 0.6 is 11.9 Å². The molecule has 0 aliphatic rings. The molecular weight excluding hydrogens is 448 g/mol. The molecule has 1 amide bonds. The summed E-state index contributed by atoms with van der Waals surface area (Å²) in [5.74, 6) is 1.98. The molecule has 0 saturated carbocycles. The van der Waals surface area contributed by atoms with Gasteiger partial charge in [-0.25, -0.2) is 0 Å². The van der Waals surface area contributed by atoms with Crippen LogP contribution in [-0.2, 0) is 0 Å². The zero-order valence-corrected chi connectivity index (χ0v) is 19.1. The van der Waals surface area contributed by atoms with Crippen LogP contribution in [0.25, 0.3) is 11.0 Å². The number of nitrogens with one attached hydrogen (secondary N) is 3. The number of aromatic amines is 1. The van der Waals surface area contributed by atoms with E-state index in [-0.39, 0.29) is 11.4 Å². The zero-order chi connectivity index (χ0) is 23.5. The van der Waals surface area contributed by atoms with Crippen LogP contribution in [0.5, 0.6) is 17.2 Å². The van der Waals surface area contributed by atoms with E-state index in [9.17, 15) is 4.79 Å². The van der Waals surface area contributed by atoms with Gasteiger partial charge in [0.15, 0.2) is 17.2 Å². The maximum absolute atomic E-state index is 11.8. The average Bonchev–Trinajstić information content (AvgIpc) is 3.39. The lowest BCUT2D eigenvalue weighted by atomic mass is 10.2. The number of rotatable bonds is 9. The lowest BCUT2D eigenvalue weighted by molar-refractivity contribution is 0.100. The highest BCUT2D eigenvalue weighted by atomic mass is 32.2. The lowest BCUT2D eigenvalue weighted by Crippen LogP contribution is -2.13. The van der Waals surface area contributed by atoms with E-state index < -0.39 is 5.91 Å². The van der Waals surface area contributed by atoms with Gasteiger partial charge in [0, 0.05) is 11.8 Å². The first-order valence-electron chi connectivity index (χ1n) is 9.69. The van der Waals surface area contributed by atoms with Gasteiger partial charge in [0.1, 0.15) is 27.7 Å². The van der Waals surface area contributed by atoms with Crippen molar-refractivity contribution in [3.05, 3.63) is 41.6 Å². The standard InChI is InChI=1S/C21H22N6O5S/c1-10-17(19(22)28)21(25-24-10)23-12-9-15-11(8-16(12)31-4)20(26-32-15)27-33-18-13(29-2)6-5-7-14(18)30-3/h5-9H,1-4H3,(H2,22,28)(H,26,27)(H2,23,24,25). The van der Waals surface area contributed by atoms with Crippen molar-refractivity contribution >= 4 is 46.1 Å². The molecule has 172 valence electrons. The summed E-state index contributed by atoms with van der Waals surface area (Å²) in [6.45, 7) is 1.71. The van der Waals surface area contributed by atoms with Crippen LogP contribution in [0.2, 0.25) is 0 Å². The topological polar surface area (TPSA) is 150 Å². The molecule has 0 bridgehead atoms. The molecule has 2 aromatic heterocycles. The molecule has 0 spiro atoms. The van der Waals surface area contributed by atoms with Crippen molar-refractivity contribution in [2.24, 2.45) is 5.73 Å². The number of hydrogen-bond donors (Lipinski definition) is 4. The number of aryl methyl sites for hydroxylation is 1. The first-order chi connectivity index (χ1) is 16.0. The van der Waals surface area contributed by atoms with Gasteiger partial charge in [-0.1, -0.05) is 11.2 Å². The fourth-order valence-corrected chi connectivity index (χ4v) is 4.12. The molecule has 0 atom stereocenters. The average molecular weight is 471 g/mol. The summed E-state index contributed by atoms with van der Waals surface area (Å²) in [5, 5.41) is 14.7. The second-order valence-electron chi connectivity index (χ2n) is 6.84. The second kappa shape index (κ2) is 9.20. The Hall–Kier alpha value is -4.06. The molecule has 0 fully saturated rings. The van der Waals surface area contributed by atoms with E-state index >= 15 is 0 Å². The van der Waals surface area contributed by atoms with Gasteiger partial charge in [0.05, 0.1) is 32.4 Å². The number of benzene rings is 2. The van der Waals surface area contributed by atoms with Crippen LogP contribution in [0, 0.1) is 6.92 Å². The maximum atomic E-state index is 11.8. The largest absolute Gasteiger partial charge is 0.495 e. The molecule has 12 heteroatoms. The quantitative estimate of drug-likeness (QED) is 0.266. The van der Waals surface area contributed by atoms with Crippen molar-refractivity contribution in [1.29, 1.82) is 0 Å². The molecule has 0 unspecified atom stereocenters. The van der Waals surface area contributed by atoms with Gasteiger partial charge < -0.3 is 34.5 Å². The first-order valence-corrected chi connectivity index (χ1v) is 10.5. The highest BCUT2D eigenvalue weighted by Gasteiger charge is 2.20. The molecule has 0 radical (unpaired) electrons. The van der Waals surface area contributed by atoms with Crippen molar-refractivity contribution in [3.63, 3.8) is 0 Å². The lowest BCUT2D eigenvalue weighted by Gasteiger charge is -2.12. The summed E-state index contributed by atoms with van der Waals surface area (Å²) in [7, 11) is 4.72. The van der Waals surface area contributed by atoms with Crippen LogP contribution in [0.4, 0.5) is 17.3 Å². The molecule has 4 rings (SSSR count). The fraction of sp³-hybridized carbons (Fsp3) is 0.190. The minimum absolute atomic E-state index is 0.263. The number of nitrogens with two attached hydrogens (primary N) is 1. The van der Waals surface area contributed by atoms with E-state index in [2.05, 4.69) is 25.4 Å². The van der Waals surface area contributed by atoms with E-state index in [0.29, 0.717) is 45.4 Å². The van der Waals surface area contributed by atoms with Gasteiger partial charge in [-0.2, -0.15) is 5.10 Å². The van der Waals surface area contributed by atoms with Gasteiger partial charge in [0.2, 0.25) is 0 Å². The number of fused-ring (bicyclic) bond motifs is 1. The smallest absolute Gasteiger partial charge is 0.254 e. The zero-order valence-electron chi connectivity index (χ0n) is 18.3. The number of carbonyl (C=O) groups excluding carboxylic acids is 1. The van der Waals surface area contributed by atoms with E-state index in [1.54, 1.807) is 33.3 Å². The minimum Gasteiger partial charge on any atom is -0.495 e. The van der Waals surface area contributed by atoms with E-state index in [1.165, 1.54) is 19.1 Å². The molecule has 0 aliphatic heterocycles. The summed E-state index contributed by atoms with van der Waals surface area (Å²) in [5.41, 5.74) is 7.31. The third kappa shape index (κ3) is 4.20. The van der Waals surface area contributed by atoms with Crippen molar-refractivity contribution in [2.45, 2.75) is 11.8 Å². The number of aromatic nitrogens is 3. The van der Waals surface area contributed by atoms with Crippen LogP contribution in [-0.4, -0.2) is 42.6 Å². The summed E-state index contributed by atoms with van der Waals surface area (Å²) >= 11 is 1.28. The van der Waals surface area contributed by atoms with E-state index in [0.717, 1.165) is 4.90 Å². The van der Waals surface area contributed by atoms with Crippen LogP contribution in [0.15, 0.2) is 39.8 Å². The normalized spacial score (nSPS) is 10.8. The predicted molar refractivity (Wildman–Crippen MR) is 125 cm³/mol. The monoisotopic (exact) mass is 470 g/mol. The molecule has 0 saturated heterocycles. The highest BCUT2D eigenvalue weighted by molar-refractivity contribution is 8.00. The number of anilines is 3. The Morgan fingerprint density at radius 2 is 1.79 bits per heavy atom. The second-order valence-corrected chi connectivity index (χ2v) is 7.65. The number of methoxy groups -OCH3 is 3. The molecule has 11 nitrogen and oxygen atoms in total. The molecule has 0 aliphatic carbocycles. The van der Waals surface area contributed by atoms with E-state index in [1.807, 2.05) is 18.2 Å². The Bertz CT molecular complexity index is 1300. The summed E-state index contributed by atoms with van der Waals surface area (Å²) < 4.78 is 25.1. The molecule has 4 aromatic rings. The third-order valence-electron chi connectivity index (χ3n) is 4.87. The molecule has 33 heavy (non-hydrogen) atoms. The summed E-state index contributed by atoms with van der Waals surface area (Å²) in [6, 6.07) is 8.99. The number of hydrogen-bond acceptors (Lipinski definition) is 10. The van der Waals surface area contributed by atoms with Gasteiger partial charge >= 0.3 is 0 Å². The Balaban J connectivity index is 1.64. The van der Waals surface area contributed by atoms with Gasteiger partial charge in [0.25, 0.3) is 5.91 Å². The Kier molecular flexibility index (Phi) is 6.18. The molecule has 5 N–H and O–H groups in total. The number of primary amides is 1. The Labute approximate surface area is 193 Å². The maximum Gasteiger partial charge on any atom is 0.254 e. The molecule has 2 heterocycles. The highest BCUT2D eigenvalue weighted by Crippen LogP contribution is 2.40. The number of carbonyl (C=O) groups is 1. The summed E-state index contributed by atoms with van der Waals surface area (Å²) in [6.07, 6.45) is 0. The fourth-order valence-electron chi connectivity index (χ4n) is 3.27. The van der Waals surface area contributed by atoms with Crippen molar-refractivity contribution in [2.75, 3.05) is 31.4 Å². The van der Waals surface area contributed by atoms with E-state index in [4.69, 9.17) is 24.5 Å². The Morgan fingerprint density at radius 3 is 2.42 bits per heavy atom. The van der Waals surface area contributed by atoms with Gasteiger partial charge in [-0.15, -0.1) is 0 Å². The number of nitrogens with zero attached hydrogens (tertiary/aromatic N) is 2. The Morgan fingerprint density at radius 1 is 1.09 bits per heavy atom. The van der Waals surface area contributed by atoms with Crippen molar-refractivity contribution < 1.29 is 23.5 Å².